The van der Waals surface area contributed by atoms with E-state index in [1.165, 1.54) is 60.5 Å². The molecule has 1 N–H and O–H groups in total. The van der Waals surface area contributed by atoms with Crippen LogP contribution in [-0.2, 0) is 0 Å². The molecule has 0 saturated carbocycles. The third kappa shape index (κ3) is 6.77. The minimum atomic E-state index is 0.195. The highest BCUT2D eigenvalue weighted by molar-refractivity contribution is 6.17. The Labute approximate surface area is 346 Å². The molecule has 1 aliphatic rings. The predicted octanol–water partition coefficient (Wildman–Crippen LogP) is 15.2. The number of allylic oxidation sites excluding steroid dienone is 4. The smallest absolute Gasteiger partial charge is 0.220 e. The van der Waals surface area contributed by atoms with E-state index in [2.05, 4.69) is 224 Å². The number of aryl methyl sites for hydroxylation is 2. The van der Waals surface area contributed by atoms with Crippen molar-refractivity contribution in [1.82, 2.24) is 9.55 Å². The summed E-state index contributed by atoms with van der Waals surface area (Å²) in [6.45, 7) is 8.92. The third-order valence-corrected chi connectivity index (χ3v) is 11.6. The van der Waals surface area contributed by atoms with Gasteiger partial charge in [0.15, 0.2) is 0 Å². The van der Waals surface area contributed by atoms with Crippen molar-refractivity contribution >= 4 is 61.3 Å². The van der Waals surface area contributed by atoms with Crippen molar-refractivity contribution in [1.29, 1.82) is 0 Å². The quantitative estimate of drug-likeness (QED) is 0.157. The highest BCUT2D eigenvalue weighted by Gasteiger charge is 2.26. The second-order valence-electron chi connectivity index (χ2n) is 16.1. The molecule has 59 heavy (non-hydrogen) atoms. The van der Waals surface area contributed by atoms with E-state index in [1.54, 1.807) is 0 Å². The number of nitrogens with zero attached hydrogens (tertiary/aromatic N) is 3. The molecule has 0 amide bonds. The Hall–Kier alpha value is -7.17. The molecule has 10 rings (SSSR count). The van der Waals surface area contributed by atoms with Crippen molar-refractivity contribution in [3.63, 3.8) is 0 Å². The van der Waals surface area contributed by atoms with Crippen LogP contribution in [0.25, 0.3) is 49.4 Å². The van der Waals surface area contributed by atoms with Gasteiger partial charge in [0.1, 0.15) is 0 Å². The van der Waals surface area contributed by atoms with Gasteiger partial charge < -0.3 is 5.32 Å². The molecular weight excluding hydrogens is 717 g/mol. The first-order valence-electron chi connectivity index (χ1n) is 20.6. The molecule has 9 aromatic rings. The average molecular weight is 763 g/mol. The van der Waals surface area contributed by atoms with Gasteiger partial charge in [0.05, 0.1) is 11.0 Å². The van der Waals surface area contributed by atoms with Gasteiger partial charge in [-0.3, -0.25) is 9.47 Å². The first-order valence-corrected chi connectivity index (χ1v) is 20.6. The number of rotatable bonds is 8. The number of nitrogens with one attached hydrogen (secondary N) is 1. The van der Waals surface area contributed by atoms with Crippen molar-refractivity contribution in [2.45, 2.75) is 40.0 Å². The largest absolute Gasteiger partial charge is 0.356 e. The molecule has 8 aromatic carbocycles. The number of hydrogen-bond acceptors (Lipinski definition) is 3. The Bertz CT molecular complexity index is 3060. The molecule has 0 aliphatic heterocycles. The lowest BCUT2D eigenvalue weighted by atomic mass is 9.79. The Morgan fingerprint density at radius 1 is 0.576 bits per heavy atom. The fourth-order valence-corrected chi connectivity index (χ4v) is 9.34. The van der Waals surface area contributed by atoms with E-state index in [9.17, 15) is 0 Å². The van der Waals surface area contributed by atoms with Crippen molar-refractivity contribution < 1.29 is 0 Å². The SMILES string of the molecule is CC1=CC(c2c3ccc(Nc4ccccc4)cc3c(-c3cc(C)cc(C)c3)c3ccc(N(c4ccccc4)c4nc5ccccc5n4-c4ccccc4)cc23)CC(C)=C1. The Morgan fingerprint density at radius 3 is 2.00 bits per heavy atom. The first kappa shape index (κ1) is 36.2. The van der Waals surface area contributed by atoms with E-state index in [-0.39, 0.29) is 5.92 Å². The van der Waals surface area contributed by atoms with Crippen molar-refractivity contribution in [2.75, 3.05) is 10.2 Å². The summed E-state index contributed by atoms with van der Waals surface area (Å²) in [5.41, 5.74) is 16.3. The first-order chi connectivity index (χ1) is 28.9. The number of aromatic nitrogens is 2. The van der Waals surface area contributed by atoms with E-state index < -0.39 is 0 Å². The fraction of sp³-hybridized carbons (Fsp3) is 0.109. The highest BCUT2D eigenvalue weighted by atomic mass is 15.3. The molecule has 1 aromatic heterocycles. The van der Waals surface area contributed by atoms with Gasteiger partial charge >= 0.3 is 0 Å². The van der Waals surface area contributed by atoms with Crippen LogP contribution in [-0.4, -0.2) is 9.55 Å². The molecule has 1 heterocycles. The summed E-state index contributed by atoms with van der Waals surface area (Å²) >= 11 is 0. The molecule has 0 spiro atoms. The van der Waals surface area contributed by atoms with Gasteiger partial charge in [-0.15, -0.1) is 0 Å². The Kier molecular flexibility index (Phi) is 9.18. The zero-order valence-electron chi connectivity index (χ0n) is 33.9. The van der Waals surface area contributed by atoms with E-state index in [0.29, 0.717) is 0 Å². The van der Waals surface area contributed by atoms with Crippen LogP contribution >= 0.6 is 0 Å². The highest BCUT2D eigenvalue weighted by Crippen LogP contribution is 2.48. The zero-order valence-corrected chi connectivity index (χ0v) is 33.9. The van der Waals surface area contributed by atoms with Gasteiger partial charge in [0.25, 0.3) is 0 Å². The summed E-state index contributed by atoms with van der Waals surface area (Å²) in [5.74, 6) is 1.03. The van der Waals surface area contributed by atoms with Crippen molar-refractivity contribution in [2.24, 2.45) is 0 Å². The monoisotopic (exact) mass is 762 g/mol. The number of imidazole rings is 1. The normalized spacial score (nSPS) is 14.1. The zero-order chi connectivity index (χ0) is 40.0. The summed E-state index contributed by atoms with van der Waals surface area (Å²) in [4.78, 5) is 7.73. The number of hydrogen-bond donors (Lipinski definition) is 1. The minimum Gasteiger partial charge on any atom is -0.356 e. The molecule has 0 bridgehead atoms. The molecule has 1 atom stereocenters. The van der Waals surface area contributed by atoms with Crippen LogP contribution in [0.5, 0.6) is 0 Å². The maximum atomic E-state index is 5.40. The maximum Gasteiger partial charge on any atom is 0.220 e. The van der Waals surface area contributed by atoms with Crippen LogP contribution in [0, 0.1) is 13.8 Å². The van der Waals surface area contributed by atoms with Gasteiger partial charge in [0.2, 0.25) is 5.95 Å². The van der Waals surface area contributed by atoms with Crippen LogP contribution in [0.3, 0.4) is 0 Å². The lowest BCUT2D eigenvalue weighted by Gasteiger charge is -2.28. The Morgan fingerprint density at radius 2 is 1.25 bits per heavy atom. The van der Waals surface area contributed by atoms with E-state index in [1.807, 2.05) is 0 Å². The lowest BCUT2D eigenvalue weighted by Crippen LogP contribution is -2.15. The molecule has 0 fully saturated rings. The fourth-order valence-electron chi connectivity index (χ4n) is 9.34. The molecule has 4 nitrogen and oxygen atoms in total. The van der Waals surface area contributed by atoms with Crippen LogP contribution in [0.1, 0.15) is 42.9 Å². The topological polar surface area (TPSA) is 33.1 Å². The predicted molar refractivity (Wildman–Crippen MR) is 250 cm³/mol. The lowest BCUT2D eigenvalue weighted by molar-refractivity contribution is 0.816. The summed E-state index contributed by atoms with van der Waals surface area (Å²) in [6.07, 6.45) is 5.78. The molecule has 1 unspecified atom stereocenters. The summed E-state index contributed by atoms with van der Waals surface area (Å²) in [7, 11) is 0. The number of para-hydroxylation sites is 5. The molecular formula is C55H46N4. The van der Waals surface area contributed by atoms with E-state index >= 15 is 0 Å². The van der Waals surface area contributed by atoms with Gasteiger partial charge in [-0.1, -0.05) is 131 Å². The molecule has 4 heteroatoms. The summed E-state index contributed by atoms with van der Waals surface area (Å²) in [5, 5.41) is 8.72. The number of benzene rings is 8. The third-order valence-electron chi connectivity index (χ3n) is 11.6. The van der Waals surface area contributed by atoms with Crippen LogP contribution < -0.4 is 10.2 Å². The number of anilines is 5. The maximum absolute atomic E-state index is 5.40. The van der Waals surface area contributed by atoms with E-state index in [0.717, 1.165) is 51.8 Å². The van der Waals surface area contributed by atoms with Crippen molar-refractivity contribution in [3.05, 3.63) is 210 Å². The Balaban J connectivity index is 1.30. The second kappa shape index (κ2) is 15.0. The van der Waals surface area contributed by atoms with Crippen LogP contribution in [0.4, 0.5) is 28.7 Å². The average Bonchev–Trinajstić information content (AvgIpc) is 3.62. The van der Waals surface area contributed by atoms with Gasteiger partial charge in [-0.2, -0.15) is 0 Å². The van der Waals surface area contributed by atoms with Crippen LogP contribution in [0.15, 0.2) is 193 Å². The second-order valence-corrected chi connectivity index (χ2v) is 16.1. The standard InChI is InChI=1S/C55H46N4/c1-36-28-37(2)31-40(30-36)53-48-27-25-46(58(44-18-10-6-11-19-44)55-57-51-22-14-15-23-52(51)59(55)45-20-12-7-13-21-45)35-50(48)54(41-32-38(3)29-39(4)33-41)47-26-24-43(34-49(47)53)56-42-16-8-5-9-17-42/h5-32,34-35,41,56H,33H2,1-4H3. The molecule has 0 radical (unpaired) electrons. The summed E-state index contributed by atoms with van der Waals surface area (Å²) in [6, 6.07) is 61.2. The van der Waals surface area contributed by atoms with Gasteiger partial charge in [-0.25, -0.2) is 4.98 Å². The summed E-state index contributed by atoms with van der Waals surface area (Å²) < 4.78 is 2.29. The molecule has 0 saturated heterocycles. The minimum absolute atomic E-state index is 0.195. The van der Waals surface area contributed by atoms with Gasteiger partial charge in [0, 0.05) is 34.4 Å². The van der Waals surface area contributed by atoms with Crippen molar-refractivity contribution in [3.8, 4) is 16.8 Å². The van der Waals surface area contributed by atoms with E-state index in [4.69, 9.17) is 4.98 Å². The number of fused-ring (bicyclic) bond motifs is 3. The van der Waals surface area contributed by atoms with Gasteiger partial charge in [-0.05, 0) is 145 Å². The molecule has 286 valence electrons. The molecule has 1 aliphatic carbocycles. The van der Waals surface area contributed by atoms with Crippen LogP contribution in [0.2, 0.25) is 0 Å².